The Hall–Kier alpha value is -1.16. The number of ether oxygens (including phenoxy) is 1. The quantitative estimate of drug-likeness (QED) is 0.823. The van der Waals surface area contributed by atoms with Crippen molar-refractivity contribution >= 4 is 0 Å². The molecule has 1 aromatic heterocycles. The Morgan fingerprint density at radius 1 is 1.31 bits per heavy atom. The second kappa shape index (κ2) is 5.80. The molecule has 0 aliphatic heterocycles. The Morgan fingerprint density at radius 2 is 2.12 bits per heavy atom. The maximum absolute atomic E-state index is 5.63. The van der Waals surface area contributed by atoms with Crippen molar-refractivity contribution in [1.82, 2.24) is 15.5 Å². The summed E-state index contributed by atoms with van der Waals surface area (Å²) in [5.41, 5.74) is 0.940. The highest BCUT2D eigenvalue weighted by molar-refractivity contribution is 5.11. The maximum atomic E-state index is 5.63. The van der Waals surface area contributed by atoms with Gasteiger partial charge in [-0.25, -0.2) is 0 Å². The third-order valence-electron chi connectivity index (χ3n) is 2.99. The van der Waals surface area contributed by atoms with Crippen molar-refractivity contribution in [1.29, 1.82) is 0 Å². The van der Waals surface area contributed by atoms with E-state index in [1.807, 2.05) is 19.2 Å². The summed E-state index contributed by atoms with van der Waals surface area (Å²) in [6, 6.07) is 3.85. The lowest BCUT2D eigenvalue weighted by molar-refractivity contribution is 0.241. The number of aromatic nitrogens is 2. The molecule has 0 unspecified atom stereocenters. The first-order valence-electron chi connectivity index (χ1n) is 5.98. The Balaban J connectivity index is 1.80. The Morgan fingerprint density at radius 3 is 2.75 bits per heavy atom. The molecule has 1 aliphatic rings. The first kappa shape index (κ1) is 11.3. The molecule has 0 atom stereocenters. The van der Waals surface area contributed by atoms with Crippen LogP contribution in [-0.4, -0.2) is 23.9 Å². The summed E-state index contributed by atoms with van der Waals surface area (Å²) in [5, 5.41) is 11.2. The lowest BCUT2D eigenvalue weighted by atomic mass is 10.1. The fraction of sp³-hybridized carbons (Fsp3) is 0.667. The second-order valence-corrected chi connectivity index (χ2v) is 4.35. The average molecular weight is 221 g/mol. The number of nitrogens with zero attached hydrogens (tertiary/aromatic N) is 2. The molecule has 0 spiro atoms. The van der Waals surface area contributed by atoms with E-state index in [4.69, 9.17) is 4.74 Å². The van der Waals surface area contributed by atoms with Gasteiger partial charge in [0.25, 0.3) is 0 Å². The van der Waals surface area contributed by atoms with Gasteiger partial charge in [-0.3, -0.25) is 0 Å². The van der Waals surface area contributed by atoms with Gasteiger partial charge in [-0.1, -0.05) is 12.8 Å². The van der Waals surface area contributed by atoms with Gasteiger partial charge in [-0.15, -0.1) is 5.10 Å². The van der Waals surface area contributed by atoms with Crippen molar-refractivity contribution in [3.8, 4) is 5.88 Å². The van der Waals surface area contributed by atoms with Gasteiger partial charge in [-0.2, -0.15) is 5.10 Å². The Kier molecular flexibility index (Phi) is 4.10. The van der Waals surface area contributed by atoms with E-state index in [1.165, 1.54) is 25.7 Å². The zero-order valence-corrected chi connectivity index (χ0v) is 9.78. The molecule has 1 aromatic rings. The Bertz CT molecular complexity index is 307. The van der Waals surface area contributed by atoms with Crippen LogP contribution in [0.4, 0.5) is 0 Å². The largest absolute Gasteiger partial charge is 0.476 e. The minimum atomic E-state index is 0.645. The highest BCUT2D eigenvalue weighted by Gasteiger charge is 2.15. The maximum Gasteiger partial charge on any atom is 0.233 e. The molecule has 0 amide bonds. The molecular formula is C12H19N3O. The van der Waals surface area contributed by atoms with Crippen molar-refractivity contribution in [2.45, 2.75) is 32.2 Å². The van der Waals surface area contributed by atoms with Crippen molar-refractivity contribution in [3.05, 3.63) is 17.8 Å². The summed E-state index contributed by atoms with van der Waals surface area (Å²) in [6.07, 6.45) is 5.29. The monoisotopic (exact) mass is 221 g/mol. The van der Waals surface area contributed by atoms with Gasteiger partial charge in [-0.05, 0) is 31.9 Å². The van der Waals surface area contributed by atoms with Crippen LogP contribution < -0.4 is 10.1 Å². The molecule has 1 heterocycles. The fourth-order valence-corrected chi connectivity index (χ4v) is 2.08. The van der Waals surface area contributed by atoms with Crippen molar-refractivity contribution in [3.63, 3.8) is 0 Å². The Labute approximate surface area is 96.4 Å². The summed E-state index contributed by atoms with van der Waals surface area (Å²) in [7, 11) is 1.90. The number of hydrogen-bond donors (Lipinski definition) is 1. The van der Waals surface area contributed by atoms with Gasteiger partial charge in [0, 0.05) is 12.6 Å². The first-order chi connectivity index (χ1) is 7.88. The summed E-state index contributed by atoms with van der Waals surface area (Å²) in [6.45, 7) is 1.54. The van der Waals surface area contributed by atoms with E-state index in [0.717, 1.165) is 24.8 Å². The van der Waals surface area contributed by atoms with E-state index < -0.39 is 0 Å². The van der Waals surface area contributed by atoms with Gasteiger partial charge < -0.3 is 10.1 Å². The SMILES string of the molecule is CNCc1ccc(OCC2CCCC2)nn1. The normalized spacial score (nSPS) is 16.6. The molecule has 1 aliphatic carbocycles. The molecule has 1 fully saturated rings. The molecule has 4 heteroatoms. The summed E-state index contributed by atoms with van der Waals surface area (Å²) < 4.78 is 5.63. The predicted molar refractivity (Wildman–Crippen MR) is 62.2 cm³/mol. The molecule has 88 valence electrons. The minimum Gasteiger partial charge on any atom is -0.476 e. The number of nitrogens with one attached hydrogen (secondary N) is 1. The van der Waals surface area contributed by atoms with E-state index in [2.05, 4.69) is 15.5 Å². The molecular weight excluding hydrogens is 202 g/mol. The van der Waals surface area contributed by atoms with Crippen LogP contribution >= 0.6 is 0 Å². The summed E-state index contributed by atoms with van der Waals surface area (Å²) in [5.74, 6) is 1.37. The molecule has 2 rings (SSSR count). The third-order valence-corrected chi connectivity index (χ3v) is 2.99. The van der Waals surface area contributed by atoms with Crippen LogP contribution in [0.2, 0.25) is 0 Å². The standard InChI is InChI=1S/C12H19N3O/c1-13-8-11-6-7-12(15-14-11)16-9-10-4-2-3-5-10/h6-7,10,13H,2-5,8-9H2,1H3. The van der Waals surface area contributed by atoms with E-state index in [0.29, 0.717) is 5.88 Å². The third kappa shape index (κ3) is 3.17. The van der Waals surface area contributed by atoms with Gasteiger partial charge >= 0.3 is 0 Å². The van der Waals surface area contributed by atoms with E-state index >= 15 is 0 Å². The number of rotatable bonds is 5. The predicted octanol–water partition coefficient (Wildman–Crippen LogP) is 1.76. The molecule has 4 nitrogen and oxygen atoms in total. The summed E-state index contributed by atoms with van der Waals surface area (Å²) >= 11 is 0. The lowest BCUT2D eigenvalue weighted by Gasteiger charge is -2.10. The number of hydrogen-bond acceptors (Lipinski definition) is 4. The van der Waals surface area contributed by atoms with E-state index in [1.54, 1.807) is 0 Å². The van der Waals surface area contributed by atoms with Crippen LogP contribution in [0.3, 0.4) is 0 Å². The van der Waals surface area contributed by atoms with Crippen LogP contribution in [0.25, 0.3) is 0 Å². The first-order valence-corrected chi connectivity index (χ1v) is 5.98. The van der Waals surface area contributed by atoms with Crippen LogP contribution in [0.5, 0.6) is 5.88 Å². The van der Waals surface area contributed by atoms with Gasteiger partial charge in [0.05, 0.1) is 12.3 Å². The van der Waals surface area contributed by atoms with Crippen LogP contribution in [0.15, 0.2) is 12.1 Å². The zero-order valence-electron chi connectivity index (χ0n) is 9.78. The smallest absolute Gasteiger partial charge is 0.233 e. The second-order valence-electron chi connectivity index (χ2n) is 4.35. The molecule has 16 heavy (non-hydrogen) atoms. The fourth-order valence-electron chi connectivity index (χ4n) is 2.08. The minimum absolute atomic E-state index is 0.645. The van der Waals surface area contributed by atoms with Crippen LogP contribution in [0, 0.1) is 5.92 Å². The topological polar surface area (TPSA) is 47.0 Å². The average Bonchev–Trinajstić information content (AvgIpc) is 2.82. The lowest BCUT2D eigenvalue weighted by Crippen LogP contribution is -2.11. The molecule has 0 saturated heterocycles. The highest BCUT2D eigenvalue weighted by Crippen LogP contribution is 2.25. The zero-order chi connectivity index (χ0) is 11.2. The van der Waals surface area contributed by atoms with E-state index in [-0.39, 0.29) is 0 Å². The van der Waals surface area contributed by atoms with E-state index in [9.17, 15) is 0 Å². The van der Waals surface area contributed by atoms with Crippen LogP contribution in [0.1, 0.15) is 31.4 Å². The van der Waals surface area contributed by atoms with Crippen LogP contribution in [-0.2, 0) is 6.54 Å². The molecule has 1 N–H and O–H groups in total. The van der Waals surface area contributed by atoms with Gasteiger partial charge in [0.2, 0.25) is 5.88 Å². The molecule has 0 radical (unpaired) electrons. The van der Waals surface area contributed by atoms with Gasteiger partial charge in [0.1, 0.15) is 0 Å². The van der Waals surface area contributed by atoms with Crippen molar-refractivity contribution in [2.24, 2.45) is 5.92 Å². The molecule has 0 aromatic carbocycles. The van der Waals surface area contributed by atoms with Crippen molar-refractivity contribution in [2.75, 3.05) is 13.7 Å². The summed E-state index contributed by atoms with van der Waals surface area (Å²) in [4.78, 5) is 0. The molecule has 1 saturated carbocycles. The highest BCUT2D eigenvalue weighted by atomic mass is 16.5. The molecule has 0 bridgehead atoms. The van der Waals surface area contributed by atoms with Crippen molar-refractivity contribution < 1.29 is 4.74 Å². The van der Waals surface area contributed by atoms with Gasteiger partial charge in [0.15, 0.2) is 0 Å².